The van der Waals surface area contributed by atoms with Crippen LogP contribution in [0.4, 0.5) is 5.13 Å². The number of unbranched alkanes of at least 4 members (excludes halogenated alkanes) is 2. The highest BCUT2D eigenvalue weighted by molar-refractivity contribution is 7.13. The maximum atomic E-state index is 11.0. The molecule has 82 valence electrons. The average Bonchev–Trinajstić information content (AvgIpc) is 2.59. The van der Waals surface area contributed by atoms with Gasteiger partial charge in [0, 0.05) is 5.38 Å². The number of carbonyl (C=O) groups is 1. The number of rotatable bonds is 5. The van der Waals surface area contributed by atoms with E-state index in [9.17, 15) is 4.79 Å². The number of carboxylic acids is 1. The van der Waals surface area contributed by atoms with E-state index in [1.807, 2.05) is 0 Å². The predicted molar refractivity (Wildman–Crippen MR) is 61.7 cm³/mol. The minimum atomic E-state index is -0.948. The van der Waals surface area contributed by atoms with Gasteiger partial charge in [-0.1, -0.05) is 25.8 Å². The number of nitrogens with zero attached hydrogens (tertiary/aromatic N) is 1. The van der Waals surface area contributed by atoms with Gasteiger partial charge in [0.1, 0.15) is 0 Å². The Bertz CT molecular complexity index is 371. The Balaban J connectivity index is 2.83. The molecule has 0 fully saturated rings. The molecule has 0 aromatic carbocycles. The van der Waals surface area contributed by atoms with E-state index in [2.05, 4.69) is 11.9 Å². The van der Waals surface area contributed by atoms with Crippen LogP contribution in [0.1, 0.15) is 31.9 Å². The van der Waals surface area contributed by atoms with E-state index in [0.29, 0.717) is 10.8 Å². The molecule has 0 saturated carbocycles. The number of carboxylic acid groups (broad SMARTS) is 1. The predicted octanol–water partition coefficient (Wildman–Crippen LogP) is 2.38. The lowest BCUT2D eigenvalue weighted by Crippen LogP contribution is -2.00. The van der Waals surface area contributed by atoms with Crippen molar-refractivity contribution < 1.29 is 9.90 Å². The Morgan fingerprint density at radius 3 is 2.93 bits per heavy atom. The van der Waals surface area contributed by atoms with Gasteiger partial charge in [-0.25, -0.2) is 9.78 Å². The molecular weight excluding hydrogens is 212 g/mol. The summed E-state index contributed by atoms with van der Waals surface area (Å²) in [5.74, 6) is -0.948. The normalized spacial score (nSPS) is 11.7. The van der Waals surface area contributed by atoms with Crippen molar-refractivity contribution in [2.75, 3.05) is 5.73 Å². The quantitative estimate of drug-likeness (QED) is 0.597. The van der Waals surface area contributed by atoms with Crippen molar-refractivity contribution in [1.29, 1.82) is 0 Å². The molecule has 15 heavy (non-hydrogen) atoms. The summed E-state index contributed by atoms with van der Waals surface area (Å²) in [4.78, 5) is 14.9. The van der Waals surface area contributed by atoms with Crippen molar-refractivity contribution in [3.63, 3.8) is 0 Å². The van der Waals surface area contributed by atoms with Crippen molar-refractivity contribution in [2.24, 2.45) is 0 Å². The van der Waals surface area contributed by atoms with E-state index >= 15 is 0 Å². The van der Waals surface area contributed by atoms with Crippen LogP contribution < -0.4 is 5.73 Å². The highest BCUT2D eigenvalue weighted by Crippen LogP contribution is 2.20. The third-order valence-electron chi connectivity index (χ3n) is 1.93. The zero-order valence-corrected chi connectivity index (χ0v) is 9.38. The first kappa shape index (κ1) is 11.7. The minimum absolute atomic E-state index is 0.247. The number of aromatic nitrogens is 1. The van der Waals surface area contributed by atoms with Crippen LogP contribution in [0, 0.1) is 0 Å². The Morgan fingerprint density at radius 1 is 1.73 bits per heavy atom. The first-order chi connectivity index (χ1) is 7.15. The van der Waals surface area contributed by atoms with Crippen LogP contribution in [0.25, 0.3) is 5.57 Å². The molecule has 3 N–H and O–H groups in total. The van der Waals surface area contributed by atoms with E-state index in [-0.39, 0.29) is 5.57 Å². The van der Waals surface area contributed by atoms with Gasteiger partial charge in [0.25, 0.3) is 0 Å². The van der Waals surface area contributed by atoms with Crippen LogP contribution in [0.2, 0.25) is 0 Å². The largest absolute Gasteiger partial charge is 0.478 e. The number of thiazole rings is 1. The van der Waals surface area contributed by atoms with E-state index in [0.717, 1.165) is 19.3 Å². The van der Waals surface area contributed by atoms with Crippen LogP contribution in [0.5, 0.6) is 0 Å². The molecule has 5 heteroatoms. The van der Waals surface area contributed by atoms with Gasteiger partial charge in [-0.05, 0) is 6.42 Å². The molecule has 1 aromatic heterocycles. The molecule has 0 atom stereocenters. The highest BCUT2D eigenvalue weighted by atomic mass is 32.1. The third kappa shape index (κ3) is 3.36. The molecule has 0 amide bonds. The Kier molecular flexibility index (Phi) is 4.30. The van der Waals surface area contributed by atoms with E-state index in [1.54, 1.807) is 11.5 Å². The summed E-state index contributed by atoms with van der Waals surface area (Å²) >= 11 is 1.25. The van der Waals surface area contributed by atoms with Gasteiger partial charge in [-0.2, -0.15) is 0 Å². The Hall–Kier alpha value is -1.36. The van der Waals surface area contributed by atoms with E-state index in [4.69, 9.17) is 10.8 Å². The minimum Gasteiger partial charge on any atom is -0.478 e. The third-order valence-corrected chi connectivity index (χ3v) is 2.61. The summed E-state index contributed by atoms with van der Waals surface area (Å²) in [7, 11) is 0. The number of anilines is 1. The van der Waals surface area contributed by atoms with Gasteiger partial charge in [0.15, 0.2) is 5.13 Å². The molecule has 1 heterocycles. The summed E-state index contributed by atoms with van der Waals surface area (Å²) in [5, 5.41) is 11.1. The molecule has 0 bridgehead atoms. The molecule has 0 radical (unpaired) electrons. The van der Waals surface area contributed by atoms with Gasteiger partial charge in [-0.15, -0.1) is 11.3 Å². The summed E-state index contributed by atoms with van der Waals surface area (Å²) in [6, 6.07) is 0. The Labute approximate surface area is 92.5 Å². The first-order valence-electron chi connectivity index (χ1n) is 4.80. The second-order valence-corrected chi connectivity index (χ2v) is 4.03. The second kappa shape index (κ2) is 5.50. The summed E-state index contributed by atoms with van der Waals surface area (Å²) in [5.41, 5.74) is 6.16. The van der Waals surface area contributed by atoms with Gasteiger partial charge >= 0.3 is 5.97 Å². The topological polar surface area (TPSA) is 76.2 Å². The Morgan fingerprint density at radius 2 is 2.47 bits per heavy atom. The first-order valence-corrected chi connectivity index (χ1v) is 5.68. The summed E-state index contributed by atoms with van der Waals surface area (Å²) in [6.45, 7) is 2.06. The van der Waals surface area contributed by atoms with Crippen LogP contribution in [-0.2, 0) is 4.79 Å². The molecule has 1 aromatic rings. The number of hydrogen-bond acceptors (Lipinski definition) is 4. The van der Waals surface area contributed by atoms with Crippen molar-refractivity contribution in [1.82, 2.24) is 4.98 Å². The number of nitrogen functional groups attached to an aromatic ring is 1. The van der Waals surface area contributed by atoms with Crippen LogP contribution in [-0.4, -0.2) is 16.1 Å². The van der Waals surface area contributed by atoms with Gasteiger partial charge in [0.2, 0.25) is 0 Å². The molecular formula is C10H14N2O2S. The summed E-state index contributed by atoms with van der Waals surface area (Å²) in [6.07, 6.45) is 4.49. The second-order valence-electron chi connectivity index (χ2n) is 3.14. The van der Waals surface area contributed by atoms with E-state index in [1.165, 1.54) is 11.3 Å². The zero-order valence-electron chi connectivity index (χ0n) is 8.56. The van der Waals surface area contributed by atoms with Crippen LogP contribution >= 0.6 is 11.3 Å². The number of aliphatic carboxylic acids is 1. The maximum absolute atomic E-state index is 11.0. The van der Waals surface area contributed by atoms with Crippen LogP contribution in [0.15, 0.2) is 11.5 Å². The lowest BCUT2D eigenvalue weighted by molar-refractivity contribution is -0.130. The van der Waals surface area contributed by atoms with E-state index < -0.39 is 5.97 Å². The fourth-order valence-electron chi connectivity index (χ4n) is 1.16. The smallest absolute Gasteiger partial charge is 0.337 e. The maximum Gasteiger partial charge on any atom is 0.337 e. The number of hydrogen-bond donors (Lipinski definition) is 2. The highest BCUT2D eigenvalue weighted by Gasteiger charge is 2.12. The van der Waals surface area contributed by atoms with Crippen molar-refractivity contribution in [3.05, 3.63) is 17.2 Å². The molecule has 1 rings (SSSR count). The summed E-state index contributed by atoms with van der Waals surface area (Å²) < 4.78 is 0. The molecule has 4 nitrogen and oxygen atoms in total. The lowest BCUT2D eigenvalue weighted by Gasteiger charge is -1.97. The number of allylic oxidation sites excluding steroid dienone is 1. The lowest BCUT2D eigenvalue weighted by atomic mass is 10.1. The fourth-order valence-corrected chi connectivity index (χ4v) is 1.73. The van der Waals surface area contributed by atoms with Gasteiger partial charge in [0.05, 0.1) is 11.3 Å². The SMILES string of the molecule is CCCCC=C(C(=O)O)c1csc(N)n1. The fraction of sp³-hybridized carbons (Fsp3) is 0.400. The zero-order chi connectivity index (χ0) is 11.3. The van der Waals surface area contributed by atoms with Crippen LogP contribution in [0.3, 0.4) is 0 Å². The monoisotopic (exact) mass is 226 g/mol. The molecule has 0 aliphatic carbocycles. The van der Waals surface area contributed by atoms with Gasteiger partial charge in [-0.3, -0.25) is 0 Å². The van der Waals surface area contributed by atoms with Crippen molar-refractivity contribution >= 4 is 28.0 Å². The average molecular weight is 226 g/mol. The standard InChI is InChI=1S/C10H14N2O2S/c1-2-3-4-5-7(9(13)14)8-6-15-10(11)12-8/h5-6H,2-4H2,1H3,(H2,11,12)(H,13,14). The van der Waals surface area contributed by atoms with Crippen molar-refractivity contribution in [3.8, 4) is 0 Å². The van der Waals surface area contributed by atoms with Crippen molar-refractivity contribution in [2.45, 2.75) is 26.2 Å². The molecule has 0 unspecified atom stereocenters. The number of nitrogens with two attached hydrogens (primary N) is 1. The molecule has 0 aliphatic heterocycles. The molecule has 0 aliphatic rings. The molecule has 0 saturated heterocycles. The van der Waals surface area contributed by atoms with Gasteiger partial charge < -0.3 is 10.8 Å². The molecule has 0 spiro atoms.